The van der Waals surface area contributed by atoms with Gasteiger partial charge < -0.3 is 25.4 Å². The van der Waals surface area contributed by atoms with Gasteiger partial charge in [-0.1, -0.05) is 0 Å². The smallest absolute Gasteiger partial charge is 0.229 e. The number of imidazole rings is 1. The van der Waals surface area contributed by atoms with Gasteiger partial charge in [-0.2, -0.15) is 9.97 Å². The predicted octanol–water partition coefficient (Wildman–Crippen LogP) is 1.83. The molecule has 3 aromatic heterocycles. The highest BCUT2D eigenvalue weighted by Crippen LogP contribution is 2.25. The zero-order valence-electron chi connectivity index (χ0n) is 17.0. The first-order chi connectivity index (χ1) is 15.1. The first-order valence-corrected chi connectivity index (χ1v) is 9.92. The number of methoxy groups -OCH3 is 1. The predicted molar refractivity (Wildman–Crippen MR) is 118 cm³/mol. The van der Waals surface area contributed by atoms with E-state index in [0.29, 0.717) is 28.8 Å². The minimum absolute atomic E-state index is 0.267. The summed E-state index contributed by atoms with van der Waals surface area (Å²) in [6.07, 6.45) is 3.38. The highest BCUT2D eigenvalue weighted by atomic mass is 16.5. The van der Waals surface area contributed by atoms with Crippen LogP contribution in [-0.2, 0) is 0 Å². The number of nitrogens with two attached hydrogens (primary N) is 1. The Hall–Kier alpha value is -4.08. The molecule has 4 heterocycles. The summed E-state index contributed by atoms with van der Waals surface area (Å²) >= 11 is 0. The standard InChI is InChI=1S/C21H22N8O2/c1-31-17-7-4-15(12-23-17)29-13-24-18-19(22)25-21(26-20(18)29)28-10-8-27(9-11-28)14-2-5-16(30)6-3-14/h2-7,12-13,30H,8-11H2,1H3,(H2,22,25,26). The molecule has 0 unspecified atom stereocenters. The average Bonchev–Trinajstić information content (AvgIpc) is 3.24. The van der Waals surface area contributed by atoms with Crippen LogP contribution in [0.25, 0.3) is 16.9 Å². The Kier molecular flexibility index (Phi) is 4.66. The molecule has 0 spiro atoms. The number of pyridine rings is 1. The summed E-state index contributed by atoms with van der Waals surface area (Å²) in [6, 6.07) is 10.9. The number of benzene rings is 1. The van der Waals surface area contributed by atoms with Gasteiger partial charge in [-0.3, -0.25) is 4.57 Å². The van der Waals surface area contributed by atoms with E-state index in [1.807, 2.05) is 22.8 Å². The summed E-state index contributed by atoms with van der Waals surface area (Å²) in [5.41, 5.74) is 9.29. The van der Waals surface area contributed by atoms with Crippen molar-refractivity contribution in [3.05, 3.63) is 48.9 Å². The zero-order chi connectivity index (χ0) is 21.4. The number of phenols is 1. The van der Waals surface area contributed by atoms with Crippen LogP contribution in [-0.4, -0.2) is 62.9 Å². The molecule has 158 valence electrons. The number of hydrogen-bond acceptors (Lipinski definition) is 9. The molecule has 31 heavy (non-hydrogen) atoms. The van der Waals surface area contributed by atoms with Crippen LogP contribution in [0.4, 0.5) is 17.5 Å². The summed E-state index contributed by atoms with van der Waals surface area (Å²) in [5.74, 6) is 1.73. The maximum atomic E-state index is 9.50. The molecule has 0 aliphatic carbocycles. The molecule has 0 atom stereocenters. The minimum atomic E-state index is 0.267. The number of nitrogen functional groups attached to an aromatic ring is 1. The summed E-state index contributed by atoms with van der Waals surface area (Å²) in [7, 11) is 1.58. The average molecular weight is 418 g/mol. The Labute approximate surface area is 178 Å². The summed E-state index contributed by atoms with van der Waals surface area (Å²) in [6.45, 7) is 3.13. The third-order valence-electron chi connectivity index (χ3n) is 5.40. The molecule has 1 fully saturated rings. The number of phenolic OH excluding ortho intramolecular Hbond substituents is 1. The molecular weight excluding hydrogens is 396 g/mol. The fourth-order valence-electron chi connectivity index (χ4n) is 3.70. The number of rotatable bonds is 4. The maximum absolute atomic E-state index is 9.50. The fourth-order valence-corrected chi connectivity index (χ4v) is 3.70. The Morgan fingerprint density at radius 2 is 1.61 bits per heavy atom. The molecule has 5 rings (SSSR count). The molecule has 1 saturated heterocycles. The zero-order valence-corrected chi connectivity index (χ0v) is 17.0. The van der Waals surface area contributed by atoms with Crippen LogP contribution in [0.15, 0.2) is 48.9 Å². The van der Waals surface area contributed by atoms with Gasteiger partial charge in [0.15, 0.2) is 17.0 Å². The second kappa shape index (κ2) is 7.63. The molecule has 0 bridgehead atoms. The van der Waals surface area contributed by atoms with Gasteiger partial charge in [0.2, 0.25) is 11.8 Å². The number of nitrogens with zero attached hydrogens (tertiary/aromatic N) is 7. The largest absolute Gasteiger partial charge is 0.508 e. The van der Waals surface area contributed by atoms with Gasteiger partial charge in [0.1, 0.15) is 12.1 Å². The molecule has 10 nitrogen and oxygen atoms in total. The number of aromatic hydroxyl groups is 1. The van der Waals surface area contributed by atoms with Crippen molar-refractivity contribution in [2.45, 2.75) is 0 Å². The lowest BCUT2D eigenvalue weighted by Crippen LogP contribution is -2.47. The van der Waals surface area contributed by atoms with Crippen molar-refractivity contribution in [2.75, 3.05) is 48.8 Å². The second-order valence-corrected chi connectivity index (χ2v) is 7.24. The van der Waals surface area contributed by atoms with Crippen molar-refractivity contribution in [1.29, 1.82) is 0 Å². The van der Waals surface area contributed by atoms with E-state index in [1.165, 1.54) is 0 Å². The lowest BCUT2D eigenvalue weighted by molar-refractivity contribution is 0.398. The van der Waals surface area contributed by atoms with Crippen molar-refractivity contribution < 1.29 is 9.84 Å². The number of fused-ring (bicyclic) bond motifs is 1. The van der Waals surface area contributed by atoms with E-state index >= 15 is 0 Å². The van der Waals surface area contributed by atoms with Crippen LogP contribution in [0, 0.1) is 0 Å². The van der Waals surface area contributed by atoms with Crippen LogP contribution in [0.2, 0.25) is 0 Å². The molecule has 0 saturated carbocycles. The normalized spacial score (nSPS) is 14.2. The lowest BCUT2D eigenvalue weighted by Gasteiger charge is -2.36. The highest BCUT2D eigenvalue weighted by Gasteiger charge is 2.22. The van der Waals surface area contributed by atoms with Crippen LogP contribution >= 0.6 is 0 Å². The van der Waals surface area contributed by atoms with Gasteiger partial charge in [-0.15, -0.1) is 0 Å². The van der Waals surface area contributed by atoms with Gasteiger partial charge in [0.05, 0.1) is 19.0 Å². The second-order valence-electron chi connectivity index (χ2n) is 7.24. The molecule has 0 radical (unpaired) electrons. The van der Waals surface area contributed by atoms with Gasteiger partial charge in [0.25, 0.3) is 0 Å². The van der Waals surface area contributed by atoms with Crippen molar-refractivity contribution in [3.8, 4) is 17.3 Å². The van der Waals surface area contributed by atoms with E-state index in [9.17, 15) is 5.11 Å². The van der Waals surface area contributed by atoms with E-state index < -0.39 is 0 Å². The first kappa shape index (κ1) is 18.9. The van der Waals surface area contributed by atoms with Crippen molar-refractivity contribution in [2.24, 2.45) is 0 Å². The van der Waals surface area contributed by atoms with Crippen LogP contribution < -0.4 is 20.3 Å². The number of anilines is 3. The van der Waals surface area contributed by atoms with E-state index in [4.69, 9.17) is 15.5 Å². The lowest BCUT2D eigenvalue weighted by atomic mass is 10.2. The number of aromatic nitrogens is 5. The molecule has 3 N–H and O–H groups in total. The van der Waals surface area contributed by atoms with Gasteiger partial charge >= 0.3 is 0 Å². The Balaban J connectivity index is 1.41. The Morgan fingerprint density at radius 1 is 0.903 bits per heavy atom. The highest BCUT2D eigenvalue weighted by molar-refractivity contribution is 5.84. The van der Waals surface area contributed by atoms with Gasteiger partial charge in [-0.05, 0) is 30.3 Å². The Morgan fingerprint density at radius 3 is 2.29 bits per heavy atom. The summed E-state index contributed by atoms with van der Waals surface area (Å²) < 4.78 is 6.98. The van der Waals surface area contributed by atoms with Crippen LogP contribution in [0.1, 0.15) is 0 Å². The number of ether oxygens (including phenoxy) is 1. The third-order valence-corrected chi connectivity index (χ3v) is 5.40. The summed E-state index contributed by atoms with van der Waals surface area (Å²) in [4.78, 5) is 22.3. The quantitative estimate of drug-likeness (QED) is 0.512. The van der Waals surface area contributed by atoms with E-state index in [2.05, 4.69) is 24.8 Å². The third kappa shape index (κ3) is 3.52. The van der Waals surface area contributed by atoms with E-state index in [0.717, 1.165) is 37.6 Å². The molecule has 10 heteroatoms. The van der Waals surface area contributed by atoms with Crippen molar-refractivity contribution in [1.82, 2.24) is 24.5 Å². The molecule has 0 amide bonds. The van der Waals surface area contributed by atoms with Gasteiger partial charge in [-0.25, -0.2) is 9.97 Å². The Bertz CT molecular complexity index is 1200. The van der Waals surface area contributed by atoms with Gasteiger partial charge in [0, 0.05) is 37.9 Å². The number of hydrogen-bond donors (Lipinski definition) is 2. The summed E-state index contributed by atoms with van der Waals surface area (Å²) in [5, 5.41) is 9.50. The molecule has 1 aliphatic rings. The SMILES string of the molecule is COc1ccc(-n2cnc3c(N)nc(N4CCN(c5ccc(O)cc5)CC4)nc32)cn1. The monoisotopic (exact) mass is 418 g/mol. The fraction of sp³-hybridized carbons (Fsp3) is 0.238. The topological polar surface area (TPSA) is 118 Å². The van der Waals surface area contributed by atoms with Crippen LogP contribution in [0.3, 0.4) is 0 Å². The maximum Gasteiger partial charge on any atom is 0.229 e. The van der Waals surface area contributed by atoms with Crippen LogP contribution in [0.5, 0.6) is 11.6 Å². The molecular formula is C21H22N8O2. The van der Waals surface area contributed by atoms with Crippen molar-refractivity contribution >= 4 is 28.6 Å². The molecule has 1 aromatic carbocycles. The first-order valence-electron chi connectivity index (χ1n) is 9.92. The van der Waals surface area contributed by atoms with Crippen molar-refractivity contribution in [3.63, 3.8) is 0 Å². The molecule has 4 aromatic rings. The van der Waals surface area contributed by atoms with E-state index in [-0.39, 0.29) is 5.75 Å². The minimum Gasteiger partial charge on any atom is -0.508 e. The number of piperazine rings is 1. The van der Waals surface area contributed by atoms with E-state index in [1.54, 1.807) is 37.8 Å². The molecule has 1 aliphatic heterocycles.